The fraction of sp³-hybridized carbons (Fsp3) is 0.667. The molecular weight excluding hydrogens is 327 g/mol. The highest BCUT2D eigenvalue weighted by atomic mass is 35.5. The Morgan fingerprint density at radius 1 is 1.27 bits per heavy atom. The van der Waals surface area contributed by atoms with Gasteiger partial charge in [-0.3, -0.25) is 4.79 Å². The molecule has 0 aromatic carbocycles. The Labute approximate surface area is 141 Å². The van der Waals surface area contributed by atoms with Gasteiger partial charge in [0.2, 0.25) is 11.6 Å². The Morgan fingerprint density at radius 2 is 1.82 bits per heavy atom. The number of ether oxygens (including phenoxy) is 2. The van der Waals surface area contributed by atoms with Crippen LogP contribution in [0.2, 0.25) is 0 Å². The highest BCUT2D eigenvalue weighted by molar-refractivity contribution is 6.53. The summed E-state index contributed by atoms with van der Waals surface area (Å²) in [6, 6.07) is 0. The summed E-state index contributed by atoms with van der Waals surface area (Å²) in [5, 5.41) is 0.0881. The second kappa shape index (κ2) is 6.49. The summed E-state index contributed by atoms with van der Waals surface area (Å²) >= 11 is 13.0. The minimum absolute atomic E-state index is 0.0881. The number of ketones is 1. The lowest BCUT2D eigenvalue weighted by molar-refractivity contribution is -0.207. The van der Waals surface area contributed by atoms with E-state index in [4.69, 9.17) is 32.7 Å². The molecule has 0 bridgehead atoms. The van der Waals surface area contributed by atoms with Gasteiger partial charge in [-0.05, 0) is 13.5 Å². The maximum absolute atomic E-state index is 12.7. The number of carbonyl (C=O) groups is 1. The third-order valence-corrected chi connectivity index (χ3v) is 5.35. The van der Waals surface area contributed by atoms with Crippen LogP contribution in [0, 0.1) is 0 Å². The fourth-order valence-electron chi connectivity index (χ4n) is 3.17. The maximum Gasteiger partial charge on any atom is 0.239 e. The average molecular weight is 349 g/mol. The van der Waals surface area contributed by atoms with Gasteiger partial charge in [-0.15, -0.1) is 18.2 Å². The molecule has 22 heavy (non-hydrogen) atoms. The molecule has 124 valence electrons. The smallest absolute Gasteiger partial charge is 0.239 e. The number of methoxy groups -OCH3 is 2. The van der Waals surface area contributed by atoms with Gasteiger partial charge in [-0.2, -0.15) is 0 Å². The molecule has 1 atom stereocenters. The molecule has 1 heterocycles. The van der Waals surface area contributed by atoms with Crippen molar-refractivity contribution in [1.29, 1.82) is 0 Å². The van der Waals surface area contributed by atoms with Crippen LogP contribution in [0.4, 0.5) is 0 Å². The number of alkyl halides is 1. The summed E-state index contributed by atoms with van der Waals surface area (Å²) in [7, 11) is 5.00. The van der Waals surface area contributed by atoms with Crippen LogP contribution >= 0.6 is 23.2 Å². The molecule has 1 aliphatic carbocycles. The van der Waals surface area contributed by atoms with Crippen LogP contribution in [0.15, 0.2) is 23.4 Å². The van der Waals surface area contributed by atoms with Crippen molar-refractivity contribution in [1.82, 2.24) is 9.80 Å². The number of likely N-dealkylation sites (N-methyl/N-ethyl adjacent to an activating group) is 1. The van der Waals surface area contributed by atoms with Crippen LogP contribution in [0.5, 0.6) is 0 Å². The van der Waals surface area contributed by atoms with E-state index in [1.165, 1.54) is 14.2 Å². The molecule has 0 amide bonds. The van der Waals surface area contributed by atoms with Crippen molar-refractivity contribution >= 4 is 29.0 Å². The summed E-state index contributed by atoms with van der Waals surface area (Å²) in [5.74, 6) is -1.79. The van der Waals surface area contributed by atoms with E-state index < -0.39 is 10.7 Å². The molecule has 2 rings (SSSR count). The predicted octanol–water partition coefficient (Wildman–Crippen LogP) is 1.81. The SMILES string of the molecule is C=CC[C@@]1(Cl)C(=O)C(Cl)=C(N2CCN(C)CC2)C1(OC)OC. The Hall–Kier alpha value is -0.590. The van der Waals surface area contributed by atoms with Gasteiger partial charge in [-0.25, -0.2) is 0 Å². The number of nitrogens with zero attached hydrogens (tertiary/aromatic N) is 2. The Kier molecular flexibility index (Phi) is 5.24. The van der Waals surface area contributed by atoms with Crippen molar-refractivity contribution < 1.29 is 14.3 Å². The molecule has 0 unspecified atom stereocenters. The number of rotatable bonds is 5. The molecule has 7 heteroatoms. The van der Waals surface area contributed by atoms with Gasteiger partial charge in [0.25, 0.3) is 0 Å². The van der Waals surface area contributed by atoms with E-state index in [2.05, 4.69) is 18.5 Å². The van der Waals surface area contributed by atoms with Crippen molar-refractivity contribution in [3.05, 3.63) is 23.4 Å². The molecule has 2 aliphatic rings. The first-order valence-corrected chi connectivity index (χ1v) is 7.92. The molecule has 0 radical (unpaired) electrons. The first-order chi connectivity index (χ1) is 10.4. The highest BCUT2D eigenvalue weighted by Crippen LogP contribution is 2.52. The first-order valence-electron chi connectivity index (χ1n) is 7.16. The van der Waals surface area contributed by atoms with E-state index in [-0.39, 0.29) is 17.2 Å². The van der Waals surface area contributed by atoms with Crippen LogP contribution < -0.4 is 0 Å². The molecular formula is C15H22Cl2N2O3. The van der Waals surface area contributed by atoms with E-state index >= 15 is 0 Å². The van der Waals surface area contributed by atoms with E-state index in [0.717, 1.165) is 26.2 Å². The molecule has 0 N–H and O–H groups in total. The summed E-state index contributed by atoms with van der Waals surface area (Å²) in [6.45, 7) is 6.86. The van der Waals surface area contributed by atoms with E-state index in [1.54, 1.807) is 6.08 Å². The van der Waals surface area contributed by atoms with Gasteiger partial charge < -0.3 is 19.3 Å². The number of piperazine rings is 1. The fourth-order valence-corrected chi connectivity index (χ4v) is 4.07. The Morgan fingerprint density at radius 3 is 2.27 bits per heavy atom. The van der Waals surface area contributed by atoms with Crippen molar-refractivity contribution in [3.8, 4) is 0 Å². The zero-order valence-electron chi connectivity index (χ0n) is 13.2. The second-order valence-electron chi connectivity index (χ2n) is 5.60. The number of hydrogen-bond acceptors (Lipinski definition) is 5. The number of halogens is 2. The molecule has 0 saturated carbocycles. The van der Waals surface area contributed by atoms with Gasteiger partial charge in [0.15, 0.2) is 4.87 Å². The summed E-state index contributed by atoms with van der Waals surface area (Å²) in [4.78, 5) is 15.5. The van der Waals surface area contributed by atoms with Gasteiger partial charge in [-0.1, -0.05) is 17.7 Å². The first kappa shape index (κ1) is 17.8. The molecule has 0 spiro atoms. The molecule has 1 aliphatic heterocycles. The normalized spacial score (nSPS) is 29.3. The largest absolute Gasteiger partial charge is 0.367 e. The van der Waals surface area contributed by atoms with Crippen LogP contribution in [0.1, 0.15) is 6.42 Å². The van der Waals surface area contributed by atoms with Gasteiger partial charge >= 0.3 is 0 Å². The molecule has 0 aromatic heterocycles. The minimum atomic E-state index is -1.44. The van der Waals surface area contributed by atoms with Crippen LogP contribution in [-0.2, 0) is 14.3 Å². The summed E-state index contributed by atoms with van der Waals surface area (Å²) in [6.07, 6.45) is 1.78. The number of carbonyl (C=O) groups excluding carboxylic acids is 1. The van der Waals surface area contributed by atoms with Crippen molar-refractivity contribution in [3.63, 3.8) is 0 Å². The number of hydrogen-bond donors (Lipinski definition) is 0. The van der Waals surface area contributed by atoms with E-state index in [1.807, 2.05) is 4.90 Å². The molecule has 1 fully saturated rings. The number of allylic oxidation sites excluding steroid dienone is 2. The molecule has 1 saturated heterocycles. The van der Waals surface area contributed by atoms with Crippen LogP contribution in [0.3, 0.4) is 0 Å². The lowest BCUT2D eigenvalue weighted by atomic mass is 9.93. The average Bonchev–Trinajstić information content (AvgIpc) is 2.67. The van der Waals surface area contributed by atoms with Gasteiger partial charge in [0.05, 0.1) is 5.70 Å². The standard InChI is InChI=1S/C15H22Cl2N2O3/c1-5-6-14(17)13(20)11(16)12(15(14,21-3)22-4)19-9-7-18(2)8-10-19/h5H,1,6-10H2,2-4H3/t14-/m1/s1. The monoisotopic (exact) mass is 348 g/mol. The summed E-state index contributed by atoms with van der Waals surface area (Å²) in [5.41, 5.74) is 0.522. The third kappa shape index (κ3) is 2.39. The third-order valence-electron chi connectivity index (χ3n) is 4.42. The lowest BCUT2D eigenvalue weighted by Crippen LogP contribution is -2.58. The minimum Gasteiger partial charge on any atom is -0.367 e. The Bertz CT molecular complexity index is 497. The van der Waals surface area contributed by atoms with Crippen LogP contribution in [0.25, 0.3) is 0 Å². The highest BCUT2D eigenvalue weighted by Gasteiger charge is 2.66. The Balaban J connectivity index is 2.49. The summed E-state index contributed by atoms with van der Waals surface area (Å²) < 4.78 is 11.3. The van der Waals surface area contributed by atoms with Crippen LogP contribution in [-0.4, -0.2) is 73.7 Å². The number of Topliss-reactive ketones (excluding diaryl/α,β-unsaturated/α-hetero) is 1. The lowest BCUT2D eigenvalue weighted by Gasteiger charge is -2.44. The second-order valence-corrected chi connectivity index (χ2v) is 6.62. The van der Waals surface area contributed by atoms with Crippen molar-refractivity contribution in [2.24, 2.45) is 0 Å². The molecule has 5 nitrogen and oxygen atoms in total. The predicted molar refractivity (Wildman–Crippen MR) is 87.1 cm³/mol. The zero-order chi connectivity index (χ0) is 16.5. The van der Waals surface area contributed by atoms with Gasteiger partial charge in [0.1, 0.15) is 5.03 Å². The quantitative estimate of drug-likeness (QED) is 0.430. The maximum atomic E-state index is 12.7. The van der Waals surface area contributed by atoms with Crippen molar-refractivity contribution in [2.45, 2.75) is 17.1 Å². The van der Waals surface area contributed by atoms with E-state index in [9.17, 15) is 4.79 Å². The zero-order valence-corrected chi connectivity index (χ0v) is 14.7. The van der Waals surface area contributed by atoms with Crippen molar-refractivity contribution in [2.75, 3.05) is 47.4 Å². The topological polar surface area (TPSA) is 42.0 Å². The van der Waals surface area contributed by atoms with E-state index in [0.29, 0.717) is 5.70 Å². The molecule has 0 aromatic rings. The van der Waals surface area contributed by atoms with Gasteiger partial charge in [0, 0.05) is 40.4 Å².